The van der Waals surface area contributed by atoms with Gasteiger partial charge in [-0.2, -0.15) is 0 Å². The fourth-order valence-corrected chi connectivity index (χ4v) is 2.09. The van der Waals surface area contributed by atoms with E-state index in [0.717, 1.165) is 0 Å². The number of nitrogens with one attached hydrogen (secondary N) is 2. The lowest BCUT2D eigenvalue weighted by Crippen LogP contribution is -2.19. The van der Waals surface area contributed by atoms with Crippen LogP contribution in [0, 0.1) is 0 Å². The lowest BCUT2D eigenvalue weighted by Gasteiger charge is -2.14. The lowest BCUT2D eigenvalue weighted by molar-refractivity contribution is 0.0961. The third-order valence-electron chi connectivity index (χ3n) is 3.10. The number of benzene rings is 2. The van der Waals surface area contributed by atoms with Crippen LogP contribution in [0.4, 0.5) is 5.69 Å². The third-order valence-corrected chi connectivity index (χ3v) is 3.10. The van der Waals surface area contributed by atoms with E-state index in [0.29, 0.717) is 22.6 Å². The normalized spacial score (nSPS) is 10.3. The first kappa shape index (κ1) is 16.5. The third kappa shape index (κ3) is 4.32. The van der Waals surface area contributed by atoms with E-state index in [4.69, 9.17) is 4.74 Å². The van der Waals surface area contributed by atoms with Crippen LogP contribution in [0.3, 0.4) is 0 Å². The lowest BCUT2D eigenvalue weighted by atomic mass is 10.1. The van der Waals surface area contributed by atoms with Gasteiger partial charge in [-0.1, -0.05) is 18.2 Å². The van der Waals surface area contributed by atoms with Crippen LogP contribution in [-0.2, 0) is 0 Å². The maximum absolute atomic E-state index is 12.5. The van der Waals surface area contributed by atoms with Crippen LogP contribution in [-0.4, -0.2) is 25.0 Å². The summed E-state index contributed by atoms with van der Waals surface area (Å²) in [5, 5.41) is 5.34. The fraction of sp³-hybridized carbons (Fsp3) is 0.222. The zero-order valence-electron chi connectivity index (χ0n) is 13.4. The number of anilines is 1. The number of hydrogen-bond acceptors (Lipinski definition) is 3. The first-order valence-electron chi connectivity index (χ1n) is 7.40. The van der Waals surface area contributed by atoms with Gasteiger partial charge in [-0.25, -0.2) is 0 Å². The summed E-state index contributed by atoms with van der Waals surface area (Å²) < 4.78 is 5.66. The van der Waals surface area contributed by atoms with Gasteiger partial charge in [-0.15, -0.1) is 0 Å². The Morgan fingerprint density at radius 3 is 2.43 bits per heavy atom. The van der Waals surface area contributed by atoms with Gasteiger partial charge in [0.25, 0.3) is 11.8 Å². The van der Waals surface area contributed by atoms with Crippen molar-refractivity contribution >= 4 is 17.5 Å². The van der Waals surface area contributed by atoms with E-state index in [1.807, 2.05) is 19.9 Å². The molecule has 2 amide bonds. The summed E-state index contributed by atoms with van der Waals surface area (Å²) >= 11 is 0. The maximum atomic E-state index is 12.5. The summed E-state index contributed by atoms with van der Waals surface area (Å²) in [5.74, 6) is 0.0439. The highest BCUT2D eigenvalue weighted by molar-refractivity contribution is 6.06. The molecular weight excluding hydrogens is 292 g/mol. The SMILES string of the molecule is CNC(=O)c1cccc(NC(=O)c2ccccc2OC(C)C)c1. The van der Waals surface area contributed by atoms with Crippen molar-refractivity contribution in [2.45, 2.75) is 20.0 Å². The highest BCUT2D eigenvalue weighted by Crippen LogP contribution is 2.21. The minimum Gasteiger partial charge on any atom is -0.490 e. The van der Waals surface area contributed by atoms with E-state index >= 15 is 0 Å². The molecule has 0 aliphatic heterocycles. The predicted octanol–water partition coefficient (Wildman–Crippen LogP) is 3.09. The quantitative estimate of drug-likeness (QED) is 0.891. The monoisotopic (exact) mass is 312 g/mol. The Bertz CT molecular complexity index is 711. The summed E-state index contributed by atoms with van der Waals surface area (Å²) in [5.41, 5.74) is 1.49. The van der Waals surface area contributed by atoms with Crippen molar-refractivity contribution in [3.63, 3.8) is 0 Å². The molecule has 0 aliphatic carbocycles. The smallest absolute Gasteiger partial charge is 0.259 e. The first-order valence-corrected chi connectivity index (χ1v) is 7.40. The Labute approximate surface area is 135 Å². The zero-order valence-corrected chi connectivity index (χ0v) is 13.4. The number of carbonyl (C=O) groups excluding carboxylic acids is 2. The highest BCUT2D eigenvalue weighted by atomic mass is 16.5. The molecule has 0 aromatic heterocycles. The van der Waals surface area contributed by atoms with Crippen LogP contribution in [0.25, 0.3) is 0 Å². The van der Waals surface area contributed by atoms with Gasteiger partial charge < -0.3 is 15.4 Å². The molecule has 5 nitrogen and oxygen atoms in total. The summed E-state index contributed by atoms with van der Waals surface area (Å²) in [6, 6.07) is 13.8. The van der Waals surface area contributed by atoms with Crippen molar-refractivity contribution in [3.8, 4) is 5.75 Å². The van der Waals surface area contributed by atoms with E-state index in [1.165, 1.54) is 0 Å². The molecule has 0 saturated heterocycles. The van der Waals surface area contributed by atoms with Crippen molar-refractivity contribution in [2.75, 3.05) is 12.4 Å². The molecule has 0 saturated carbocycles. The molecule has 0 atom stereocenters. The second-order valence-electron chi connectivity index (χ2n) is 5.28. The van der Waals surface area contributed by atoms with Gasteiger partial charge in [0.2, 0.25) is 0 Å². The van der Waals surface area contributed by atoms with Crippen LogP contribution in [0.15, 0.2) is 48.5 Å². The molecule has 23 heavy (non-hydrogen) atoms. The molecule has 0 radical (unpaired) electrons. The number of amides is 2. The van der Waals surface area contributed by atoms with Crippen molar-refractivity contribution in [3.05, 3.63) is 59.7 Å². The van der Waals surface area contributed by atoms with E-state index in [1.54, 1.807) is 49.5 Å². The summed E-state index contributed by atoms with van der Waals surface area (Å²) in [6.45, 7) is 3.81. The summed E-state index contributed by atoms with van der Waals surface area (Å²) in [6.07, 6.45) is -0.0273. The Morgan fingerprint density at radius 2 is 1.74 bits per heavy atom. The second-order valence-corrected chi connectivity index (χ2v) is 5.28. The minimum absolute atomic E-state index is 0.0273. The van der Waals surface area contributed by atoms with E-state index in [-0.39, 0.29) is 17.9 Å². The van der Waals surface area contributed by atoms with Crippen LogP contribution in [0.5, 0.6) is 5.75 Å². The molecule has 0 bridgehead atoms. The van der Waals surface area contributed by atoms with Gasteiger partial charge in [0, 0.05) is 18.3 Å². The molecule has 0 aliphatic rings. The van der Waals surface area contributed by atoms with Crippen molar-refractivity contribution in [1.29, 1.82) is 0 Å². The Balaban J connectivity index is 2.21. The molecule has 0 heterocycles. The van der Waals surface area contributed by atoms with Gasteiger partial charge >= 0.3 is 0 Å². The number of carbonyl (C=O) groups is 2. The summed E-state index contributed by atoms with van der Waals surface area (Å²) in [7, 11) is 1.56. The summed E-state index contributed by atoms with van der Waals surface area (Å²) in [4.78, 5) is 24.1. The maximum Gasteiger partial charge on any atom is 0.259 e. The molecule has 0 unspecified atom stereocenters. The van der Waals surface area contributed by atoms with Crippen molar-refractivity contribution in [1.82, 2.24) is 5.32 Å². The van der Waals surface area contributed by atoms with Gasteiger partial charge in [-0.3, -0.25) is 9.59 Å². The average molecular weight is 312 g/mol. The number of hydrogen-bond donors (Lipinski definition) is 2. The van der Waals surface area contributed by atoms with Gasteiger partial charge in [0.15, 0.2) is 0 Å². The van der Waals surface area contributed by atoms with Gasteiger partial charge in [-0.05, 0) is 44.2 Å². The van der Waals surface area contributed by atoms with Crippen LogP contribution < -0.4 is 15.4 Å². The average Bonchev–Trinajstić information content (AvgIpc) is 2.54. The van der Waals surface area contributed by atoms with Crippen molar-refractivity contribution in [2.24, 2.45) is 0 Å². The number of ether oxygens (including phenoxy) is 1. The van der Waals surface area contributed by atoms with Crippen LogP contribution >= 0.6 is 0 Å². The fourth-order valence-electron chi connectivity index (χ4n) is 2.09. The molecular formula is C18H20N2O3. The molecule has 2 rings (SSSR count). The molecule has 0 spiro atoms. The largest absolute Gasteiger partial charge is 0.490 e. The first-order chi connectivity index (χ1) is 11.0. The Morgan fingerprint density at radius 1 is 1.00 bits per heavy atom. The number of rotatable bonds is 5. The molecule has 5 heteroatoms. The Kier molecular flexibility index (Phi) is 5.36. The minimum atomic E-state index is -0.282. The standard InChI is InChI=1S/C18H20N2O3/c1-12(2)23-16-10-5-4-9-15(16)18(22)20-14-8-6-7-13(11-14)17(21)19-3/h4-12H,1-3H3,(H,19,21)(H,20,22). The van der Waals surface area contributed by atoms with Crippen LogP contribution in [0.2, 0.25) is 0 Å². The Hall–Kier alpha value is -2.82. The van der Waals surface area contributed by atoms with E-state index in [9.17, 15) is 9.59 Å². The molecule has 2 N–H and O–H groups in total. The van der Waals surface area contributed by atoms with E-state index < -0.39 is 0 Å². The molecule has 120 valence electrons. The van der Waals surface area contributed by atoms with Crippen molar-refractivity contribution < 1.29 is 14.3 Å². The van der Waals surface area contributed by atoms with E-state index in [2.05, 4.69) is 10.6 Å². The zero-order chi connectivity index (χ0) is 16.8. The predicted molar refractivity (Wildman–Crippen MR) is 90.0 cm³/mol. The molecule has 2 aromatic rings. The second kappa shape index (κ2) is 7.45. The van der Waals surface area contributed by atoms with Gasteiger partial charge in [0.05, 0.1) is 11.7 Å². The number of para-hydroxylation sites is 1. The topological polar surface area (TPSA) is 67.4 Å². The molecule has 2 aromatic carbocycles. The van der Waals surface area contributed by atoms with Crippen LogP contribution in [0.1, 0.15) is 34.6 Å². The molecule has 0 fully saturated rings. The van der Waals surface area contributed by atoms with Gasteiger partial charge in [0.1, 0.15) is 5.75 Å². The highest BCUT2D eigenvalue weighted by Gasteiger charge is 2.14.